The Kier molecular flexibility index (Phi) is 5.71. The first-order valence-corrected chi connectivity index (χ1v) is 11.6. The van der Waals surface area contributed by atoms with Gasteiger partial charge in [0.05, 0.1) is 24.2 Å². The minimum absolute atomic E-state index is 0.00575. The predicted octanol–water partition coefficient (Wildman–Crippen LogP) is -0.157. The van der Waals surface area contributed by atoms with Gasteiger partial charge in [-0.3, -0.25) is 15.0 Å². The topological polar surface area (TPSA) is 125 Å². The molecule has 1 aromatic rings. The lowest BCUT2D eigenvalue weighted by Crippen LogP contribution is -2.63. The average Bonchev–Trinajstić information content (AvgIpc) is 3.14. The van der Waals surface area contributed by atoms with Gasteiger partial charge in [-0.2, -0.15) is 4.31 Å². The van der Waals surface area contributed by atoms with Crippen LogP contribution in [0.2, 0.25) is 0 Å². The summed E-state index contributed by atoms with van der Waals surface area (Å²) in [5, 5.41) is 24.1. The molecule has 0 aromatic carbocycles. The fourth-order valence-corrected chi connectivity index (χ4v) is 7.07. The zero-order chi connectivity index (χ0) is 19.9. The molecule has 0 spiro atoms. The van der Waals surface area contributed by atoms with Gasteiger partial charge in [-0.05, 0) is 30.2 Å². The summed E-state index contributed by atoms with van der Waals surface area (Å²) < 4.78 is 32.9. The van der Waals surface area contributed by atoms with Crippen LogP contribution in [0.1, 0.15) is 12.8 Å². The number of hydrogen-bond acceptors (Lipinski definition) is 9. The van der Waals surface area contributed by atoms with E-state index in [1.807, 2.05) is 0 Å². The third-order valence-electron chi connectivity index (χ3n) is 5.64. The molecule has 10 nitrogen and oxygen atoms in total. The molecule has 3 aliphatic heterocycles. The maximum absolute atomic E-state index is 12.9. The summed E-state index contributed by atoms with van der Waals surface area (Å²) in [6.45, 7) is 3.02. The lowest BCUT2D eigenvalue weighted by atomic mass is 9.91. The van der Waals surface area contributed by atoms with Gasteiger partial charge < -0.3 is 15.2 Å². The van der Waals surface area contributed by atoms with E-state index < -0.39 is 14.9 Å². The molecule has 4 heterocycles. The minimum atomic E-state index is -3.75. The molecule has 12 heteroatoms. The number of nitrogens with zero attached hydrogens (tertiary/aromatic N) is 3. The summed E-state index contributed by atoms with van der Waals surface area (Å²) in [6, 6.07) is 2.80. The zero-order valence-corrected chi connectivity index (χ0v) is 16.9. The third kappa shape index (κ3) is 3.95. The summed E-state index contributed by atoms with van der Waals surface area (Å²) in [5.41, 5.74) is 0. The lowest BCUT2D eigenvalue weighted by molar-refractivity contribution is -0.380. The SMILES string of the molecule is O=[N+]([O-])c1ccc(S(=O)(=O)N2CCN[C@@H](CN3[C@@H]4COC[C@H]3CC(O)C4)C2)s1. The van der Waals surface area contributed by atoms with Crippen molar-refractivity contribution in [1.82, 2.24) is 14.5 Å². The highest BCUT2D eigenvalue weighted by molar-refractivity contribution is 7.91. The minimum Gasteiger partial charge on any atom is -0.393 e. The third-order valence-corrected chi connectivity index (χ3v) is 9.01. The normalized spacial score (nSPS) is 32.3. The zero-order valence-electron chi connectivity index (χ0n) is 15.3. The van der Waals surface area contributed by atoms with Gasteiger partial charge in [-0.15, -0.1) is 0 Å². The summed E-state index contributed by atoms with van der Waals surface area (Å²) >= 11 is 0.688. The fourth-order valence-electron chi connectivity index (χ4n) is 4.32. The predicted molar refractivity (Wildman–Crippen MR) is 102 cm³/mol. The van der Waals surface area contributed by atoms with Crippen molar-refractivity contribution in [2.24, 2.45) is 0 Å². The molecule has 4 rings (SSSR count). The van der Waals surface area contributed by atoms with E-state index in [-0.39, 0.29) is 33.4 Å². The highest BCUT2D eigenvalue weighted by atomic mass is 32.2. The maximum atomic E-state index is 12.9. The van der Waals surface area contributed by atoms with Gasteiger partial charge in [-0.25, -0.2) is 8.42 Å². The molecule has 2 N–H and O–H groups in total. The van der Waals surface area contributed by atoms with E-state index in [9.17, 15) is 23.6 Å². The number of sulfonamides is 1. The second-order valence-electron chi connectivity index (χ2n) is 7.53. The van der Waals surface area contributed by atoms with Gasteiger partial charge in [0, 0.05) is 50.4 Å². The van der Waals surface area contributed by atoms with E-state index >= 15 is 0 Å². The maximum Gasteiger partial charge on any atom is 0.325 e. The van der Waals surface area contributed by atoms with Crippen molar-refractivity contribution < 1.29 is 23.2 Å². The van der Waals surface area contributed by atoms with E-state index in [1.54, 1.807) is 0 Å². The Morgan fingerprint density at radius 1 is 1.32 bits per heavy atom. The van der Waals surface area contributed by atoms with E-state index in [1.165, 1.54) is 16.4 Å². The van der Waals surface area contributed by atoms with Gasteiger partial charge in [0.15, 0.2) is 0 Å². The Bertz CT molecular complexity index is 817. The Morgan fingerprint density at radius 3 is 2.68 bits per heavy atom. The second kappa shape index (κ2) is 7.94. The number of nitrogens with one attached hydrogen (secondary N) is 1. The van der Waals surface area contributed by atoms with Crippen LogP contribution in [-0.2, 0) is 14.8 Å². The number of thiophene rings is 1. The number of nitro groups is 1. The van der Waals surface area contributed by atoms with Gasteiger partial charge in [0.25, 0.3) is 10.0 Å². The summed E-state index contributed by atoms with van der Waals surface area (Å²) in [4.78, 5) is 12.6. The molecule has 0 amide bonds. The molecular weight excluding hydrogens is 408 g/mol. The van der Waals surface area contributed by atoms with E-state index in [0.29, 0.717) is 63.6 Å². The molecule has 3 fully saturated rings. The van der Waals surface area contributed by atoms with Crippen LogP contribution in [0.15, 0.2) is 16.3 Å². The second-order valence-corrected chi connectivity index (χ2v) is 10.8. The Hall–Kier alpha value is -1.15. The summed E-state index contributed by atoms with van der Waals surface area (Å²) in [5.74, 6) is 0. The highest BCUT2D eigenvalue weighted by Crippen LogP contribution is 2.31. The van der Waals surface area contributed by atoms with E-state index in [4.69, 9.17) is 4.74 Å². The Labute approximate surface area is 167 Å². The number of hydrogen-bond donors (Lipinski definition) is 2. The van der Waals surface area contributed by atoms with Gasteiger partial charge in [0.2, 0.25) is 0 Å². The van der Waals surface area contributed by atoms with Crippen LogP contribution in [0.3, 0.4) is 0 Å². The number of fused-ring (bicyclic) bond motifs is 2. The van der Waals surface area contributed by atoms with Crippen molar-refractivity contribution in [1.29, 1.82) is 0 Å². The number of morpholine rings is 1. The van der Waals surface area contributed by atoms with Gasteiger partial charge in [0.1, 0.15) is 4.21 Å². The van der Waals surface area contributed by atoms with Crippen LogP contribution >= 0.6 is 11.3 Å². The average molecular weight is 433 g/mol. The molecule has 0 saturated carbocycles. The van der Waals surface area contributed by atoms with Gasteiger partial charge in [-0.1, -0.05) is 0 Å². The first-order valence-electron chi connectivity index (χ1n) is 9.34. The first kappa shape index (κ1) is 20.1. The van der Waals surface area contributed by atoms with Crippen molar-refractivity contribution in [3.63, 3.8) is 0 Å². The molecule has 0 aliphatic carbocycles. The quantitative estimate of drug-likeness (QED) is 0.486. The Morgan fingerprint density at radius 2 is 2.04 bits per heavy atom. The van der Waals surface area contributed by atoms with E-state index in [0.717, 1.165) is 0 Å². The highest BCUT2D eigenvalue weighted by Gasteiger charge is 2.40. The van der Waals surface area contributed by atoms with Crippen molar-refractivity contribution in [3.8, 4) is 0 Å². The standard InChI is InChI=1S/C16H24N4O6S2/c21-14-5-12-9-26-10-13(6-14)19(12)8-11-7-18(4-3-17-11)28(24,25)16-2-1-15(27-16)20(22)23/h1-2,11-14,17,21H,3-10H2/t11-,12-,13+,14?/m1/s1. The molecule has 2 bridgehead atoms. The van der Waals surface area contributed by atoms with Crippen molar-refractivity contribution in [2.45, 2.75) is 41.3 Å². The number of aliphatic hydroxyl groups is 1. The van der Waals surface area contributed by atoms with Crippen LogP contribution < -0.4 is 5.32 Å². The number of aliphatic hydroxyl groups excluding tert-OH is 1. The summed E-state index contributed by atoms with van der Waals surface area (Å²) in [7, 11) is -3.75. The molecule has 3 saturated heterocycles. The van der Waals surface area contributed by atoms with Crippen LogP contribution in [0.5, 0.6) is 0 Å². The van der Waals surface area contributed by atoms with E-state index in [2.05, 4.69) is 10.2 Å². The number of ether oxygens (including phenoxy) is 1. The van der Waals surface area contributed by atoms with Crippen molar-refractivity contribution >= 4 is 26.4 Å². The van der Waals surface area contributed by atoms with Crippen molar-refractivity contribution in [3.05, 3.63) is 22.2 Å². The molecule has 0 radical (unpaired) electrons. The summed E-state index contributed by atoms with van der Waals surface area (Å²) in [6.07, 6.45) is 1.04. The first-order chi connectivity index (χ1) is 13.3. The monoisotopic (exact) mass is 432 g/mol. The number of rotatable bonds is 5. The molecule has 3 aliphatic rings. The van der Waals surface area contributed by atoms with Crippen molar-refractivity contribution in [2.75, 3.05) is 39.4 Å². The molecule has 4 atom stereocenters. The largest absolute Gasteiger partial charge is 0.393 e. The van der Waals surface area contributed by atoms with Crippen LogP contribution in [0.4, 0.5) is 5.00 Å². The molecular formula is C16H24N4O6S2. The fraction of sp³-hybridized carbons (Fsp3) is 0.750. The molecule has 156 valence electrons. The van der Waals surface area contributed by atoms with Gasteiger partial charge >= 0.3 is 5.00 Å². The lowest BCUT2D eigenvalue weighted by Gasteiger charge is -2.49. The molecule has 28 heavy (non-hydrogen) atoms. The van der Waals surface area contributed by atoms with Crippen LogP contribution in [-0.4, -0.2) is 91.3 Å². The van der Waals surface area contributed by atoms with Crippen LogP contribution in [0, 0.1) is 10.1 Å². The smallest absolute Gasteiger partial charge is 0.325 e. The molecule has 1 aromatic heterocycles. The molecule has 1 unspecified atom stereocenters. The Balaban J connectivity index is 1.44. The number of piperidine rings is 1. The van der Waals surface area contributed by atoms with Crippen LogP contribution in [0.25, 0.3) is 0 Å². The number of piperazine rings is 1.